The Morgan fingerprint density at radius 3 is 2.71 bits per heavy atom. The SMILES string of the molecule is NC(C(=O)Cc1ccccc1Cl)c1cccs1. The first-order valence-electron chi connectivity index (χ1n) is 5.23. The number of thiophene rings is 1. The van der Waals surface area contributed by atoms with E-state index < -0.39 is 6.04 Å². The molecule has 0 fully saturated rings. The van der Waals surface area contributed by atoms with Crippen molar-refractivity contribution in [2.24, 2.45) is 5.73 Å². The Labute approximate surface area is 109 Å². The molecule has 0 amide bonds. The summed E-state index contributed by atoms with van der Waals surface area (Å²) in [6, 6.07) is 10.6. The molecule has 0 bridgehead atoms. The molecular formula is C13H12ClNOS. The second-order valence-corrected chi connectivity index (χ2v) is 5.11. The molecular weight excluding hydrogens is 254 g/mol. The van der Waals surface area contributed by atoms with Gasteiger partial charge in [-0.3, -0.25) is 4.79 Å². The van der Waals surface area contributed by atoms with Crippen LogP contribution in [0.2, 0.25) is 5.02 Å². The van der Waals surface area contributed by atoms with Crippen molar-refractivity contribution in [2.75, 3.05) is 0 Å². The molecule has 1 unspecified atom stereocenters. The predicted octanol–water partition coefficient (Wildman–Crippen LogP) is 3.21. The highest BCUT2D eigenvalue weighted by Crippen LogP contribution is 2.21. The van der Waals surface area contributed by atoms with E-state index in [1.807, 2.05) is 35.7 Å². The molecule has 0 radical (unpaired) electrons. The lowest BCUT2D eigenvalue weighted by molar-refractivity contribution is -0.119. The van der Waals surface area contributed by atoms with E-state index in [2.05, 4.69) is 0 Å². The van der Waals surface area contributed by atoms with Gasteiger partial charge in [0.1, 0.15) is 0 Å². The Hall–Kier alpha value is -1.16. The molecule has 0 saturated heterocycles. The highest BCUT2D eigenvalue weighted by molar-refractivity contribution is 7.10. The number of nitrogens with two attached hydrogens (primary N) is 1. The number of hydrogen-bond donors (Lipinski definition) is 1. The number of ketones is 1. The van der Waals surface area contributed by atoms with Crippen LogP contribution >= 0.6 is 22.9 Å². The van der Waals surface area contributed by atoms with E-state index in [4.69, 9.17) is 17.3 Å². The fourth-order valence-electron chi connectivity index (χ4n) is 1.57. The summed E-state index contributed by atoms with van der Waals surface area (Å²) in [6.07, 6.45) is 0.277. The molecule has 0 aliphatic carbocycles. The first-order chi connectivity index (χ1) is 8.18. The third-order valence-electron chi connectivity index (χ3n) is 2.52. The highest BCUT2D eigenvalue weighted by atomic mass is 35.5. The molecule has 2 N–H and O–H groups in total. The normalized spacial score (nSPS) is 12.4. The van der Waals surface area contributed by atoms with Crippen molar-refractivity contribution in [3.8, 4) is 0 Å². The van der Waals surface area contributed by atoms with Gasteiger partial charge >= 0.3 is 0 Å². The third kappa shape index (κ3) is 2.94. The van der Waals surface area contributed by atoms with Crippen LogP contribution in [0.15, 0.2) is 41.8 Å². The lowest BCUT2D eigenvalue weighted by atomic mass is 10.0. The summed E-state index contributed by atoms with van der Waals surface area (Å²) < 4.78 is 0. The average Bonchev–Trinajstić information content (AvgIpc) is 2.84. The number of carbonyl (C=O) groups excluding carboxylic acids is 1. The van der Waals surface area contributed by atoms with Crippen molar-refractivity contribution in [1.82, 2.24) is 0 Å². The van der Waals surface area contributed by atoms with Gasteiger partial charge in [-0.05, 0) is 23.1 Å². The fourth-order valence-corrected chi connectivity index (χ4v) is 2.52. The van der Waals surface area contributed by atoms with Crippen LogP contribution in [-0.2, 0) is 11.2 Å². The van der Waals surface area contributed by atoms with Gasteiger partial charge in [0, 0.05) is 16.3 Å². The van der Waals surface area contributed by atoms with Gasteiger partial charge < -0.3 is 5.73 Å². The largest absolute Gasteiger partial charge is 0.317 e. The molecule has 88 valence electrons. The van der Waals surface area contributed by atoms with Gasteiger partial charge in [-0.1, -0.05) is 35.9 Å². The van der Waals surface area contributed by atoms with Crippen LogP contribution in [0.1, 0.15) is 16.5 Å². The summed E-state index contributed by atoms with van der Waals surface area (Å²) in [5.74, 6) is -0.0134. The maximum absolute atomic E-state index is 12.0. The Morgan fingerprint density at radius 2 is 2.06 bits per heavy atom. The number of halogens is 1. The second-order valence-electron chi connectivity index (χ2n) is 3.73. The summed E-state index contributed by atoms with van der Waals surface area (Å²) in [5.41, 5.74) is 6.72. The molecule has 0 saturated carbocycles. The van der Waals surface area contributed by atoms with E-state index in [1.54, 1.807) is 6.07 Å². The van der Waals surface area contributed by atoms with Crippen molar-refractivity contribution >= 4 is 28.7 Å². The molecule has 2 aromatic rings. The first kappa shape index (κ1) is 12.3. The first-order valence-corrected chi connectivity index (χ1v) is 6.49. The maximum atomic E-state index is 12.0. The van der Waals surface area contributed by atoms with E-state index in [1.165, 1.54) is 11.3 Å². The topological polar surface area (TPSA) is 43.1 Å². The standard InChI is InChI=1S/C13H12ClNOS/c14-10-5-2-1-4-9(10)8-11(16)13(15)12-6-3-7-17-12/h1-7,13H,8,15H2. The molecule has 1 aromatic carbocycles. The molecule has 4 heteroatoms. The Balaban J connectivity index is 2.10. The fraction of sp³-hybridized carbons (Fsp3) is 0.154. The summed E-state index contributed by atoms with van der Waals surface area (Å²) in [5, 5.41) is 2.53. The van der Waals surface area contributed by atoms with Gasteiger partial charge in [-0.15, -0.1) is 11.3 Å². The minimum atomic E-state index is -0.550. The van der Waals surface area contributed by atoms with Crippen LogP contribution in [0.5, 0.6) is 0 Å². The van der Waals surface area contributed by atoms with Gasteiger partial charge in [0.2, 0.25) is 0 Å². The molecule has 0 aliphatic rings. The molecule has 2 rings (SSSR count). The number of Topliss-reactive ketones (excluding diaryl/α,β-unsaturated/α-hetero) is 1. The lowest BCUT2D eigenvalue weighted by Crippen LogP contribution is -2.22. The van der Waals surface area contributed by atoms with Crippen LogP contribution in [0, 0.1) is 0 Å². The van der Waals surface area contributed by atoms with Gasteiger partial charge in [0.25, 0.3) is 0 Å². The smallest absolute Gasteiger partial charge is 0.159 e. The van der Waals surface area contributed by atoms with E-state index >= 15 is 0 Å². The Kier molecular flexibility index (Phi) is 3.94. The van der Waals surface area contributed by atoms with E-state index in [-0.39, 0.29) is 12.2 Å². The molecule has 1 aromatic heterocycles. The second kappa shape index (κ2) is 5.45. The zero-order valence-electron chi connectivity index (χ0n) is 9.10. The van der Waals surface area contributed by atoms with Crippen molar-refractivity contribution in [3.63, 3.8) is 0 Å². The van der Waals surface area contributed by atoms with Crippen LogP contribution in [0.4, 0.5) is 0 Å². The van der Waals surface area contributed by atoms with Gasteiger partial charge in [0.15, 0.2) is 5.78 Å². The zero-order chi connectivity index (χ0) is 12.3. The molecule has 1 atom stereocenters. The minimum Gasteiger partial charge on any atom is -0.317 e. The maximum Gasteiger partial charge on any atom is 0.159 e. The molecule has 1 heterocycles. The quantitative estimate of drug-likeness (QED) is 0.922. The van der Waals surface area contributed by atoms with Crippen LogP contribution in [0.3, 0.4) is 0 Å². The predicted molar refractivity (Wildman–Crippen MR) is 71.4 cm³/mol. The molecule has 2 nitrogen and oxygen atoms in total. The Morgan fingerprint density at radius 1 is 1.29 bits per heavy atom. The zero-order valence-corrected chi connectivity index (χ0v) is 10.7. The molecule has 0 spiro atoms. The van der Waals surface area contributed by atoms with Gasteiger partial charge in [0.05, 0.1) is 6.04 Å². The van der Waals surface area contributed by atoms with Gasteiger partial charge in [-0.25, -0.2) is 0 Å². The van der Waals surface area contributed by atoms with Crippen molar-refractivity contribution in [1.29, 1.82) is 0 Å². The minimum absolute atomic E-state index is 0.0134. The Bertz CT molecular complexity index is 510. The summed E-state index contributed by atoms with van der Waals surface area (Å²) in [7, 11) is 0. The van der Waals surface area contributed by atoms with E-state index in [0.717, 1.165) is 10.4 Å². The lowest BCUT2D eigenvalue weighted by Gasteiger charge is -2.09. The third-order valence-corrected chi connectivity index (χ3v) is 3.84. The van der Waals surface area contributed by atoms with Crippen molar-refractivity contribution < 1.29 is 4.79 Å². The van der Waals surface area contributed by atoms with Crippen molar-refractivity contribution in [3.05, 3.63) is 57.2 Å². The monoisotopic (exact) mass is 265 g/mol. The van der Waals surface area contributed by atoms with E-state index in [0.29, 0.717) is 5.02 Å². The number of benzene rings is 1. The van der Waals surface area contributed by atoms with Crippen LogP contribution in [-0.4, -0.2) is 5.78 Å². The van der Waals surface area contributed by atoms with Crippen LogP contribution < -0.4 is 5.73 Å². The summed E-state index contributed by atoms with van der Waals surface area (Å²) in [4.78, 5) is 12.9. The summed E-state index contributed by atoms with van der Waals surface area (Å²) >= 11 is 7.50. The number of rotatable bonds is 4. The summed E-state index contributed by atoms with van der Waals surface area (Å²) in [6.45, 7) is 0. The van der Waals surface area contributed by atoms with Crippen LogP contribution in [0.25, 0.3) is 0 Å². The highest BCUT2D eigenvalue weighted by Gasteiger charge is 2.17. The van der Waals surface area contributed by atoms with E-state index in [9.17, 15) is 4.79 Å². The number of carbonyl (C=O) groups is 1. The molecule has 17 heavy (non-hydrogen) atoms. The number of hydrogen-bond acceptors (Lipinski definition) is 3. The average molecular weight is 266 g/mol. The molecule has 0 aliphatic heterocycles. The van der Waals surface area contributed by atoms with Crippen molar-refractivity contribution in [2.45, 2.75) is 12.5 Å². The van der Waals surface area contributed by atoms with Gasteiger partial charge in [-0.2, -0.15) is 0 Å².